The second kappa shape index (κ2) is 6.15. The molecular formula is C13H10F3N5O2S. The molecule has 1 aromatic carbocycles. The zero-order valence-corrected chi connectivity index (χ0v) is 13.0. The maximum absolute atomic E-state index is 12.5. The molecule has 1 unspecified atom stereocenters. The number of alkyl halides is 3. The molecule has 0 amide bonds. The molecule has 0 aliphatic rings. The highest BCUT2D eigenvalue weighted by atomic mass is 32.2. The first-order valence-electron chi connectivity index (χ1n) is 6.56. The van der Waals surface area contributed by atoms with Crippen LogP contribution in [0.1, 0.15) is 11.5 Å². The van der Waals surface area contributed by atoms with Crippen molar-refractivity contribution in [3.63, 3.8) is 0 Å². The molecule has 1 atom stereocenters. The molecule has 11 heteroatoms. The van der Waals surface area contributed by atoms with E-state index in [1.807, 2.05) is 0 Å². The van der Waals surface area contributed by atoms with E-state index in [1.54, 1.807) is 24.3 Å². The molecule has 3 aromatic rings. The number of hydrogen-bond donors (Lipinski definition) is 0. The van der Waals surface area contributed by atoms with E-state index < -0.39 is 22.9 Å². The van der Waals surface area contributed by atoms with E-state index in [0.717, 1.165) is 5.56 Å². The molecule has 0 bridgehead atoms. The van der Waals surface area contributed by atoms with Crippen molar-refractivity contribution in [1.29, 1.82) is 0 Å². The van der Waals surface area contributed by atoms with Crippen molar-refractivity contribution in [2.45, 2.75) is 17.9 Å². The lowest BCUT2D eigenvalue weighted by atomic mass is 10.1. The Morgan fingerprint density at radius 3 is 2.54 bits per heavy atom. The van der Waals surface area contributed by atoms with Gasteiger partial charge in [-0.1, -0.05) is 29.4 Å². The summed E-state index contributed by atoms with van der Waals surface area (Å²) in [6, 6.07) is 6.51. The number of halogens is 3. The fourth-order valence-electron chi connectivity index (χ4n) is 1.97. The molecular weight excluding hydrogens is 347 g/mol. The van der Waals surface area contributed by atoms with Crippen molar-refractivity contribution in [2.75, 3.05) is 6.26 Å². The normalized spacial score (nSPS) is 13.2. The molecule has 0 fully saturated rings. The number of nitrogens with zero attached hydrogens (tertiary/aromatic N) is 5. The molecule has 3 rings (SSSR count). The van der Waals surface area contributed by atoms with E-state index in [4.69, 9.17) is 0 Å². The van der Waals surface area contributed by atoms with Gasteiger partial charge in [-0.3, -0.25) is 4.21 Å². The molecule has 0 aliphatic carbocycles. The van der Waals surface area contributed by atoms with Crippen LogP contribution in [0.2, 0.25) is 0 Å². The number of hydrogen-bond acceptors (Lipinski definition) is 6. The van der Waals surface area contributed by atoms with Gasteiger partial charge in [-0.15, -0.1) is 0 Å². The van der Waals surface area contributed by atoms with Gasteiger partial charge in [0.25, 0.3) is 0 Å². The Morgan fingerprint density at radius 2 is 1.96 bits per heavy atom. The average molecular weight is 357 g/mol. The molecule has 0 radical (unpaired) electrons. The summed E-state index contributed by atoms with van der Waals surface area (Å²) in [6.07, 6.45) is -1.87. The highest BCUT2D eigenvalue weighted by Gasteiger charge is 2.38. The van der Waals surface area contributed by atoms with E-state index in [2.05, 4.69) is 24.7 Å². The first-order chi connectivity index (χ1) is 11.3. The summed E-state index contributed by atoms with van der Waals surface area (Å²) in [6.45, 7) is 0.329. The van der Waals surface area contributed by atoms with Gasteiger partial charge < -0.3 is 4.52 Å². The van der Waals surface area contributed by atoms with Crippen LogP contribution in [0.15, 0.2) is 40.3 Å². The van der Waals surface area contributed by atoms with E-state index in [-0.39, 0.29) is 5.82 Å². The zero-order valence-electron chi connectivity index (χ0n) is 12.2. The Morgan fingerprint density at radius 1 is 1.25 bits per heavy atom. The van der Waals surface area contributed by atoms with Gasteiger partial charge in [-0.05, 0) is 5.56 Å². The van der Waals surface area contributed by atoms with E-state index in [1.165, 1.54) is 17.3 Å². The fourth-order valence-corrected chi connectivity index (χ4v) is 2.58. The van der Waals surface area contributed by atoms with Crippen LogP contribution < -0.4 is 0 Å². The number of benzene rings is 1. The van der Waals surface area contributed by atoms with Gasteiger partial charge in [0.15, 0.2) is 0 Å². The van der Waals surface area contributed by atoms with Gasteiger partial charge in [-0.25, -0.2) is 9.67 Å². The highest BCUT2D eigenvalue weighted by molar-refractivity contribution is 7.84. The summed E-state index contributed by atoms with van der Waals surface area (Å²) < 4.78 is 54.6. The predicted octanol–water partition coefficient (Wildman–Crippen LogP) is 2.13. The van der Waals surface area contributed by atoms with Gasteiger partial charge in [0.05, 0.1) is 17.3 Å². The van der Waals surface area contributed by atoms with E-state index in [9.17, 15) is 17.4 Å². The Labute approximate surface area is 136 Å². The summed E-state index contributed by atoms with van der Waals surface area (Å²) in [7, 11) is -1.27. The van der Waals surface area contributed by atoms with Crippen LogP contribution >= 0.6 is 0 Å². The second-order valence-electron chi connectivity index (χ2n) is 4.77. The first kappa shape index (κ1) is 16.3. The molecule has 0 spiro atoms. The Hall–Kier alpha value is -2.56. The SMILES string of the molecule is CS(=O)c1ncnn1Cc1ccc(-c2noc(C(F)(F)F)n2)cc1. The summed E-state index contributed by atoms with van der Waals surface area (Å²) in [5.41, 5.74) is 1.19. The van der Waals surface area contributed by atoms with Crippen LogP contribution in [0.25, 0.3) is 11.4 Å². The van der Waals surface area contributed by atoms with E-state index in [0.29, 0.717) is 17.3 Å². The Bertz CT molecular complexity index is 872. The van der Waals surface area contributed by atoms with E-state index >= 15 is 0 Å². The maximum atomic E-state index is 12.5. The second-order valence-corrected chi connectivity index (χ2v) is 6.05. The lowest BCUT2D eigenvalue weighted by Crippen LogP contribution is -2.07. The summed E-state index contributed by atoms with van der Waals surface area (Å²) in [5, 5.41) is 7.65. The van der Waals surface area contributed by atoms with Crippen molar-refractivity contribution in [1.82, 2.24) is 24.9 Å². The number of rotatable bonds is 4. The Kier molecular flexibility index (Phi) is 4.18. The third kappa shape index (κ3) is 3.35. The average Bonchev–Trinajstić information content (AvgIpc) is 3.16. The molecule has 0 N–H and O–H groups in total. The van der Waals surface area contributed by atoms with Crippen LogP contribution in [0.3, 0.4) is 0 Å². The topological polar surface area (TPSA) is 86.7 Å². The minimum Gasteiger partial charge on any atom is -0.329 e. The highest BCUT2D eigenvalue weighted by Crippen LogP contribution is 2.29. The monoisotopic (exact) mass is 357 g/mol. The maximum Gasteiger partial charge on any atom is 0.471 e. The first-order valence-corrected chi connectivity index (χ1v) is 8.12. The lowest BCUT2D eigenvalue weighted by molar-refractivity contribution is -0.159. The molecule has 0 saturated carbocycles. The van der Waals surface area contributed by atoms with Crippen molar-refractivity contribution >= 4 is 10.8 Å². The zero-order chi connectivity index (χ0) is 17.3. The van der Waals surface area contributed by atoms with Gasteiger partial charge in [-0.2, -0.15) is 23.3 Å². The fraction of sp³-hybridized carbons (Fsp3) is 0.231. The van der Waals surface area contributed by atoms with Gasteiger partial charge in [0.1, 0.15) is 6.33 Å². The summed E-state index contributed by atoms with van der Waals surface area (Å²) in [4.78, 5) is 7.24. The largest absolute Gasteiger partial charge is 0.471 e. The quantitative estimate of drug-likeness (QED) is 0.711. The predicted molar refractivity (Wildman–Crippen MR) is 76.2 cm³/mol. The lowest BCUT2D eigenvalue weighted by Gasteiger charge is -2.04. The molecule has 126 valence electrons. The van der Waals surface area contributed by atoms with Gasteiger partial charge >= 0.3 is 12.1 Å². The molecule has 7 nitrogen and oxygen atoms in total. The molecule has 24 heavy (non-hydrogen) atoms. The smallest absolute Gasteiger partial charge is 0.329 e. The summed E-state index contributed by atoms with van der Waals surface area (Å²) in [5.74, 6) is -1.54. The van der Waals surface area contributed by atoms with Crippen molar-refractivity contribution < 1.29 is 21.9 Å². The van der Waals surface area contributed by atoms with Crippen LogP contribution in [0.4, 0.5) is 13.2 Å². The van der Waals surface area contributed by atoms with Gasteiger partial charge in [0, 0.05) is 11.8 Å². The van der Waals surface area contributed by atoms with Gasteiger partial charge in [0.2, 0.25) is 11.0 Å². The Balaban J connectivity index is 1.79. The van der Waals surface area contributed by atoms with Crippen molar-refractivity contribution in [2.24, 2.45) is 0 Å². The minimum atomic E-state index is -4.68. The third-order valence-electron chi connectivity index (χ3n) is 3.05. The van der Waals surface area contributed by atoms with Crippen molar-refractivity contribution in [3.05, 3.63) is 42.0 Å². The standard InChI is InChI=1S/C13H10F3N5O2S/c1-24(22)12-17-7-18-21(12)6-8-2-4-9(5-3-8)10-19-11(23-20-10)13(14,15)16/h2-5,7H,6H2,1H3. The van der Waals surface area contributed by atoms with Crippen molar-refractivity contribution in [3.8, 4) is 11.4 Å². The van der Waals surface area contributed by atoms with Crippen LogP contribution in [0, 0.1) is 0 Å². The van der Waals surface area contributed by atoms with Crippen LogP contribution in [-0.4, -0.2) is 35.4 Å². The molecule has 0 aliphatic heterocycles. The third-order valence-corrected chi connectivity index (χ3v) is 3.88. The molecule has 2 aromatic heterocycles. The van der Waals surface area contributed by atoms with Crippen LogP contribution in [-0.2, 0) is 23.5 Å². The summed E-state index contributed by atoms with van der Waals surface area (Å²) >= 11 is 0. The molecule has 2 heterocycles. The molecule has 0 saturated heterocycles. The van der Waals surface area contributed by atoms with Crippen LogP contribution in [0.5, 0.6) is 0 Å². The minimum absolute atomic E-state index is 0.148. The number of aromatic nitrogens is 5.